The van der Waals surface area contributed by atoms with Crippen LogP contribution < -0.4 is 5.32 Å². The Kier molecular flexibility index (Phi) is 3.65. The molecule has 1 N–H and O–H groups in total. The smallest absolute Gasteiger partial charge is 0.259 e. The number of carbonyl (C=O) groups is 2. The summed E-state index contributed by atoms with van der Waals surface area (Å²) in [5.41, 5.74) is 3.16. The van der Waals surface area contributed by atoms with Crippen LogP contribution in [0.3, 0.4) is 0 Å². The highest BCUT2D eigenvalue weighted by Crippen LogP contribution is 2.34. The topological polar surface area (TPSA) is 58.7 Å². The number of amides is 2. The molecule has 2 aliphatic heterocycles. The van der Waals surface area contributed by atoms with Crippen molar-refractivity contribution in [1.29, 1.82) is 0 Å². The summed E-state index contributed by atoms with van der Waals surface area (Å²) in [5.74, 6) is -0.573. The summed E-state index contributed by atoms with van der Waals surface area (Å²) in [6, 6.07) is 1.78. The number of halogens is 1. The lowest BCUT2D eigenvalue weighted by Gasteiger charge is -2.14. The quantitative estimate of drug-likeness (QED) is 0.663. The van der Waals surface area contributed by atoms with Gasteiger partial charge >= 0.3 is 0 Å². The number of carbonyl (C=O) groups excluding carboxylic acids is 2. The third kappa shape index (κ3) is 2.40. The van der Waals surface area contributed by atoms with Gasteiger partial charge in [0.15, 0.2) is 0 Å². The van der Waals surface area contributed by atoms with Crippen molar-refractivity contribution in [3.63, 3.8) is 0 Å². The molecule has 1 saturated heterocycles. The van der Waals surface area contributed by atoms with Crippen LogP contribution in [-0.4, -0.2) is 24.5 Å². The second-order valence-corrected chi connectivity index (χ2v) is 6.14. The SMILES string of the molecule is CCCCc1c(Br)cc2c(c1CC1CO1)C(=O)NC2=O. The summed E-state index contributed by atoms with van der Waals surface area (Å²) < 4.78 is 6.22. The molecule has 2 aliphatic rings. The second kappa shape index (κ2) is 5.30. The normalized spacial score (nSPS) is 20.0. The van der Waals surface area contributed by atoms with Gasteiger partial charge in [0.25, 0.3) is 11.8 Å². The molecule has 1 unspecified atom stereocenters. The highest BCUT2D eigenvalue weighted by atomic mass is 79.9. The summed E-state index contributed by atoms with van der Waals surface area (Å²) in [6.45, 7) is 2.88. The van der Waals surface area contributed by atoms with E-state index in [4.69, 9.17) is 4.74 Å². The number of hydrogen-bond acceptors (Lipinski definition) is 3. The number of nitrogens with one attached hydrogen (secondary N) is 1. The minimum atomic E-state index is -0.300. The first-order valence-electron chi connectivity index (χ1n) is 6.93. The molecule has 0 aromatic heterocycles. The van der Waals surface area contributed by atoms with E-state index in [1.807, 2.05) is 0 Å². The van der Waals surface area contributed by atoms with Gasteiger partial charge in [0.05, 0.1) is 23.8 Å². The van der Waals surface area contributed by atoms with E-state index in [1.54, 1.807) is 6.07 Å². The number of hydrogen-bond donors (Lipinski definition) is 1. The first-order valence-corrected chi connectivity index (χ1v) is 7.72. The van der Waals surface area contributed by atoms with E-state index in [0.29, 0.717) is 17.5 Å². The zero-order valence-electron chi connectivity index (χ0n) is 11.3. The van der Waals surface area contributed by atoms with Crippen LogP contribution in [0.4, 0.5) is 0 Å². The van der Waals surface area contributed by atoms with Crippen LogP contribution in [0.5, 0.6) is 0 Å². The number of unbranched alkanes of at least 4 members (excludes halogenated alkanes) is 1. The number of fused-ring (bicyclic) bond motifs is 1. The Morgan fingerprint density at radius 2 is 2.10 bits per heavy atom. The van der Waals surface area contributed by atoms with Crippen LogP contribution in [0.15, 0.2) is 10.5 Å². The van der Waals surface area contributed by atoms with Crippen molar-refractivity contribution in [2.45, 2.75) is 38.7 Å². The molecular weight excluding hydrogens is 322 g/mol. The summed E-state index contributed by atoms with van der Waals surface area (Å²) in [7, 11) is 0. The minimum absolute atomic E-state index is 0.192. The Morgan fingerprint density at radius 1 is 1.35 bits per heavy atom. The van der Waals surface area contributed by atoms with Crippen LogP contribution in [0.2, 0.25) is 0 Å². The molecule has 2 heterocycles. The van der Waals surface area contributed by atoms with Crippen molar-refractivity contribution in [3.05, 3.63) is 32.8 Å². The van der Waals surface area contributed by atoms with Crippen molar-refractivity contribution in [2.24, 2.45) is 0 Å². The van der Waals surface area contributed by atoms with Gasteiger partial charge in [-0.15, -0.1) is 0 Å². The molecule has 1 aromatic rings. The number of rotatable bonds is 5. The fourth-order valence-corrected chi connectivity index (χ4v) is 3.34. The maximum Gasteiger partial charge on any atom is 0.259 e. The van der Waals surface area contributed by atoms with Gasteiger partial charge in [-0.2, -0.15) is 0 Å². The zero-order valence-corrected chi connectivity index (χ0v) is 12.9. The molecule has 1 aromatic carbocycles. The molecule has 0 saturated carbocycles. The Balaban J connectivity index is 2.11. The number of benzene rings is 1. The van der Waals surface area contributed by atoms with Crippen molar-refractivity contribution >= 4 is 27.7 Å². The average Bonchev–Trinajstić information content (AvgIpc) is 3.16. The molecule has 3 rings (SSSR count). The van der Waals surface area contributed by atoms with E-state index in [0.717, 1.165) is 41.5 Å². The third-order valence-electron chi connectivity index (χ3n) is 3.81. The van der Waals surface area contributed by atoms with Crippen molar-refractivity contribution in [3.8, 4) is 0 Å². The monoisotopic (exact) mass is 337 g/mol. The van der Waals surface area contributed by atoms with Crippen molar-refractivity contribution < 1.29 is 14.3 Å². The van der Waals surface area contributed by atoms with Gasteiger partial charge in [0, 0.05) is 10.9 Å². The molecular formula is C15H16BrNO3. The molecule has 2 amide bonds. The van der Waals surface area contributed by atoms with Crippen LogP contribution >= 0.6 is 15.9 Å². The molecule has 0 aliphatic carbocycles. The largest absolute Gasteiger partial charge is 0.373 e. The number of imide groups is 1. The highest BCUT2D eigenvalue weighted by Gasteiger charge is 2.34. The summed E-state index contributed by atoms with van der Waals surface area (Å²) in [5, 5.41) is 2.39. The third-order valence-corrected chi connectivity index (χ3v) is 4.52. The van der Waals surface area contributed by atoms with Gasteiger partial charge in [-0.3, -0.25) is 14.9 Å². The fraction of sp³-hybridized carbons (Fsp3) is 0.467. The van der Waals surface area contributed by atoms with E-state index in [9.17, 15) is 9.59 Å². The molecule has 106 valence electrons. The molecule has 4 nitrogen and oxygen atoms in total. The number of epoxide rings is 1. The molecule has 0 bridgehead atoms. The van der Waals surface area contributed by atoms with Crippen molar-refractivity contribution in [2.75, 3.05) is 6.61 Å². The van der Waals surface area contributed by atoms with E-state index in [2.05, 4.69) is 28.2 Å². The Hall–Kier alpha value is -1.20. The predicted octanol–water partition coefficient (Wildman–Crippen LogP) is 2.62. The summed E-state index contributed by atoms with van der Waals surface area (Å²) in [4.78, 5) is 23.9. The Labute approximate surface area is 126 Å². The summed E-state index contributed by atoms with van der Waals surface area (Å²) >= 11 is 3.56. The van der Waals surface area contributed by atoms with E-state index < -0.39 is 0 Å². The van der Waals surface area contributed by atoms with Crippen molar-refractivity contribution in [1.82, 2.24) is 5.32 Å². The Morgan fingerprint density at radius 3 is 2.75 bits per heavy atom. The van der Waals surface area contributed by atoms with Gasteiger partial charge in [0.2, 0.25) is 0 Å². The van der Waals surface area contributed by atoms with Crippen LogP contribution in [0.1, 0.15) is 51.6 Å². The summed E-state index contributed by atoms with van der Waals surface area (Å²) in [6.07, 6.45) is 3.96. The van der Waals surface area contributed by atoms with Crippen LogP contribution in [0, 0.1) is 0 Å². The lowest BCUT2D eigenvalue weighted by Crippen LogP contribution is -2.20. The lowest BCUT2D eigenvalue weighted by atomic mass is 9.91. The van der Waals surface area contributed by atoms with Gasteiger partial charge in [0.1, 0.15) is 0 Å². The van der Waals surface area contributed by atoms with Gasteiger partial charge in [-0.1, -0.05) is 29.3 Å². The first-order chi connectivity index (χ1) is 9.61. The maximum atomic E-state index is 12.0. The first kappa shape index (κ1) is 13.8. The maximum absolute atomic E-state index is 12.0. The van der Waals surface area contributed by atoms with Gasteiger partial charge in [-0.25, -0.2) is 0 Å². The zero-order chi connectivity index (χ0) is 14.3. The predicted molar refractivity (Wildman–Crippen MR) is 78.0 cm³/mol. The molecule has 0 radical (unpaired) electrons. The van der Waals surface area contributed by atoms with E-state index in [-0.39, 0.29) is 17.9 Å². The average molecular weight is 338 g/mol. The lowest BCUT2D eigenvalue weighted by molar-refractivity contribution is 0.0879. The molecule has 0 spiro atoms. The van der Waals surface area contributed by atoms with Crippen LogP contribution in [0.25, 0.3) is 0 Å². The molecule has 1 atom stereocenters. The highest BCUT2D eigenvalue weighted by molar-refractivity contribution is 9.10. The fourth-order valence-electron chi connectivity index (χ4n) is 2.68. The number of ether oxygens (including phenoxy) is 1. The van der Waals surface area contributed by atoms with Gasteiger partial charge < -0.3 is 4.74 Å². The Bertz CT molecular complexity index is 593. The molecule has 20 heavy (non-hydrogen) atoms. The van der Waals surface area contributed by atoms with E-state index >= 15 is 0 Å². The molecule has 1 fully saturated rings. The van der Waals surface area contributed by atoms with E-state index in [1.165, 1.54) is 0 Å². The molecule has 5 heteroatoms. The van der Waals surface area contributed by atoms with Gasteiger partial charge in [-0.05, 0) is 30.0 Å². The standard InChI is InChI=1S/C15H16BrNO3/c1-2-3-4-9-10(5-8-7-20-8)13-11(6-12(9)16)14(18)17-15(13)19/h6,8H,2-5,7H2,1H3,(H,17,18,19). The minimum Gasteiger partial charge on any atom is -0.373 e. The second-order valence-electron chi connectivity index (χ2n) is 5.28. The van der Waals surface area contributed by atoms with Crippen LogP contribution in [-0.2, 0) is 17.6 Å².